The van der Waals surface area contributed by atoms with Crippen molar-refractivity contribution in [1.82, 2.24) is 0 Å². The van der Waals surface area contributed by atoms with Gasteiger partial charge in [-0.3, -0.25) is 9.59 Å². The van der Waals surface area contributed by atoms with E-state index in [4.69, 9.17) is 9.47 Å². The van der Waals surface area contributed by atoms with E-state index in [1.54, 1.807) is 6.07 Å². The van der Waals surface area contributed by atoms with Crippen LogP contribution >= 0.6 is 0 Å². The van der Waals surface area contributed by atoms with Gasteiger partial charge in [0.1, 0.15) is 18.0 Å². The third kappa shape index (κ3) is 3.01. The van der Waals surface area contributed by atoms with E-state index in [0.29, 0.717) is 23.5 Å². The van der Waals surface area contributed by atoms with Crippen LogP contribution in [0.25, 0.3) is 0 Å². The van der Waals surface area contributed by atoms with Crippen LogP contribution < -0.4 is 0 Å². The van der Waals surface area contributed by atoms with Gasteiger partial charge in [-0.05, 0) is 73.1 Å². The Morgan fingerprint density at radius 1 is 1.15 bits per heavy atom. The molecule has 3 aliphatic rings. The molecule has 146 valence electrons. The molecule has 6 unspecified atom stereocenters. The predicted molar refractivity (Wildman–Crippen MR) is 99.2 cm³/mol. The van der Waals surface area contributed by atoms with Gasteiger partial charge < -0.3 is 14.6 Å². The van der Waals surface area contributed by atoms with Crippen molar-refractivity contribution < 1.29 is 24.2 Å². The second-order valence-corrected chi connectivity index (χ2v) is 8.76. The van der Waals surface area contributed by atoms with Crippen LogP contribution in [0.2, 0.25) is 0 Å². The number of phenols is 1. The molecule has 3 aliphatic carbocycles. The molecule has 6 atom stereocenters. The molecule has 27 heavy (non-hydrogen) atoms. The Kier molecular flexibility index (Phi) is 4.44. The van der Waals surface area contributed by atoms with Gasteiger partial charge in [-0.25, -0.2) is 0 Å². The highest BCUT2D eigenvalue weighted by Crippen LogP contribution is 2.62. The van der Waals surface area contributed by atoms with Gasteiger partial charge in [-0.1, -0.05) is 13.0 Å². The third-order valence-corrected chi connectivity index (χ3v) is 7.23. The third-order valence-electron chi connectivity index (χ3n) is 7.23. The maximum atomic E-state index is 11.7. The maximum Gasteiger partial charge on any atom is 0.303 e. The van der Waals surface area contributed by atoms with Crippen molar-refractivity contribution in [1.29, 1.82) is 0 Å². The van der Waals surface area contributed by atoms with Crippen LogP contribution in [0.5, 0.6) is 5.75 Å². The SMILES string of the molecule is CC(=O)OC1CC2C3CCc4cc(O)ccc4C3CCC2(C)C1OC(C)=O. The first-order chi connectivity index (χ1) is 12.8. The van der Waals surface area contributed by atoms with E-state index in [-0.39, 0.29) is 29.6 Å². The average molecular weight is 372 g/mol. The number of benzene rings is 1. The van der Waals surface area contributed by atoms with Crippen molar-refractivity contribution in [3.05, 3.63) is 29.3 Å². The molecular formula is C22H28O5. The number of esters is 2. The normalized spacial score (nSPS) is 36.9. The molecule has 0 bridgehead atoms. The van der Waals surface area contributed by atoms with E-state index in [1.807, 2.05) is 6.07 Å². The molecule has 0 spiro atoms. The van der Waals surface area contributed by atoms with Gasteiger partial charge in [-0.15, -0.1) is 0 Å². The van der Waals surface area contributed by atoms with Crippen LogP contribution in [-0.4, -0.2) is 29.3 Å². The summed E-state index contributed by atoms with van der Waals surface area (Å²) >= 11 is 0. The zero-order valence-corrected chi connectivity index (χ0v) is 16.2. The number of aromatic hydroxyl groups is 1. The first kappa shape index (κ1) is 18.3. The van der Waals surface area contributed by atoms with E-state index in [9.17, 15) is 14.7 Å². The maximum absolute atomic E-state index is 11.7. The standard InChI is InChI=1S/C22H28O5/c1-12(23)26-20-11-19-18-6-4-14-10-15(25)5-7-16(14)17(18)8-9-22(19,3)21(20)27-13(2)24/h5,7,10,17-21,25H,4,6,8-9,11H2,1-3H3. The van der Waals surface area contributed by atoms with Gasteiger partial charge in [0.05, 0.1) is 0 Å². The average Bonchev–Trinajstić information content (AvgIpc) is 2.85. The minimum atomic E-state index is -0.369. The molecule has 0 heterocycles. The summed E-state index contributed by atoms with van der Waals surface area (Å²) < 4.78 is 11.3. The van der Waals surface area contributed by atoms with Crippen molar-refractivity contribution in [2.24, 2.45) is 17.3 Å². The van der Waals surface area contributed by atoms with Crippen LogP contribution in [0, 0.1) is 17.3 Å². The molecule has 0 amide bonds. The van der Waals surface area contributed by atoms with Gasteiger partial charge in [0.15, 0.2) is 0 Å². The molecule has 0 radical (unpaired) electrons. The number of hydrogen-bond acceptors (Lipinski definition) is 5. The molecule has 5 nitrogen and oxygen atoms in total. The van der Waals surface area contributed by atoms with Crippen LogP contribution in [-0.2, 0) is 25.5 Å². The number of carbonyl (C=O) groups excluding carboxylic acids is 2. The highest BCUT2D eigenvalue weighted by molar-refractivity contribution is 5.67. The van der Waals surface area contributed by atoms with Gasteiger partial charge in [0.25, 0.3) is 0 Å². The lowest BCUT2D eigenvalue weighted by Gasteiger charge is -2.50. The van der Waals surface area contributed by atoms with Crippen LogP contribution in [0.3, 0.4) is 0 Å². The zero-order chi connectivity index (χ0) is 19.3. The number of ether oxygens (including phenoxy) is 2. The molecule has 1 aromatic rings. The van der Waals surface area contributed by atoms with Crippen LogP contribution in [0.4, 0.5) is 0 Å². The second-order valence-electron chi connectivity index (χ2n) is 8.76. The molecule has 2 fully saturated rings. The smallest absolute Gasteiger partial charge is 0.303 e. The Balaban J connectivity index is 1.66. The molecule has 2 saturated carbocycles. The molecule has 0 saturated heterocycles. The highest BCUT2D eigenvalue weighted by atomic mass is 16.6. The minimum absolute atomic E-state index is 0.165. The van der Waals surface area contributed by atoms with E-state index in [2.05, 4.69) is 13.0 Å². The molecule has 1 aromatic carbocycles. The summed E-state index contributed by atoms with van der Waals surface area (Å²) in [5.41, 5.74) is 2.44. The number of rotatable bonds is 2. The Morgan fingerprint density at radius 2 is 1.89 bits per heavy atom. The van der Waals surface area contributed by atoms with Crippen molar-refractivity contribution in [3.63, 3.8) is 0 Å². The van der Waals surface area contributed by atoms with Crippen LogP contribution in [0.15, 0.2) is 18.2 Å². The number of aryl methyl sites for hydroxylation is 1. The van der Waals surface area contributed by atoms with Gasteiger partial charge in [-0.2, -0.15) is 0 Å². The quantitative estimate of drug-likeness (QED) is 0.801. The number of fused-ring (bicyclic) bond motifs is 5. The Hall–Kier alpha value is -2.04. The Bertz CT molecular complexity index is 772. The number of carbonyl (C=O) groups is 2. The summed E-state index contributed by atoms with van der Waals surface area (Å²) in [4.78, 5) is 23.4. The predicted octanol–water partition coefficient (Wildman–Crippen LogP) is 3.72. The number of phenolic OH excluding ortho intramolecular Hbond substituents is 1. The van der Waals surface area contributed by atoms with Crippen molar-refractivity contribution in [2.75, 3.05) is 0 Å². The molecule has 4 rings (SSSR count). The van der Waals surface area contributed by atoms with E-state index in [0.717, 1.165) is 32.1 Å². The summed E-state index contributed by atoms with van der Waals surface area (Å²) in [6.07, 6.45) is 4.00. The lowest BCUT2D eigenvalue weighted by atomic mass is 9.55. The summed E-state index contributed by atoms with van der Waals surface area (Å²) in [5.74, 6) is 0.998. The van der Waals surface area contributed by atoms with Gasteiger partial charge >= 0.3 is 11.9 Å². The fourth-order valence-electron chi connectivity index (χ4n) is 6.22. The molecule has 0 aliphatic heterocycles. The zero-order valence-electron chi connectivity index (χ0n) is 16.2. The molecule has 1 N–H and O–H groups in total. The summed E-state index contributed by atoms with van der Waals surface area (Å²) in [6.45, 7) is 5.05. The lowest BCUT2D eigenvalue weighted by molar-refractivity contribution is -0.171. The lowest BCUT2D eigenvalue weighted by Crippen LogP contribution is -2.46. The van der Waals surface area contributed by atoms with Crippen molar-refractivity contribution in [3.8, 4) is 5.75 Å². The topological polar surface area (TPSA) is 72.8 Å². The highest BCUT2D eigenvalue weighted by Gasteiger charge is 2.61. The summed E-state index contributed by atoms with van der Waals surface area (Å²) in [7, 11) is 0. The largest absolute Gasteiger partial charge is 0.508 e. The van der Waals surface area contributed by atoms with E-state index < -0.39 is 0 Å². The second kappa shape index (κ2) is 6.54. The van der Waals surface area contributed by atoms with Gasteiger partial charge in [0.2, 0.25) is 0 Å². The summed E-state index contributed by atoms with van der Waals surface area (Å²) in [5, 5.41) is 9.82. The molecule has 5 heteroatoms. The van der Waals surface area contributed by atoms with Crippen LogP contribution in [0.1, 0.15) is 63.5 Å². The van der Waals surface area contributed by atoms with Crippen molar-refractivity contribution >= 4 is 11.9 Å². The number of hydrogen-bond donors (Lipinski definition) is 1. The Labute approximate surface area is 160 Å². The van der Waals surface area contributed by atoms with Gasteiger partial charge in [0, 0.05) is 19.3 Å². The first-order valence-electron chi connectivity index (χ1n) is 9.96. The summed E-state index contributed by atoms with van der Waals surface area (Å²) in [6, 6.07) is 5.76. The monoisotopic (exact) mass is 372 g/mol. The fourth-order valence-corrected chi connectivity index (χ4v) is 6.22. The molecular weight excluding hydrogens is 344 g/mol. The minimum Gasteiger partial charge on any atom is -0.508 e. The van der Waals surface area contributed by atoms with E-state index in [1.165, 1.54) is 25.0 Å². The van der Waals surface area contributed by atoms with E-state index >= 15 is 0 Å². The molecule has 0 aromatic heterocycles. The first-order valence-corrected chi connectivity index (χ1v) is 9.96. The van der Waals surface area contributed by atoms with Crippen molar-refractivity contribution in [2.45, 2.75) is 71.0 Å². The Morgan fingerprint density at radius 3 is 2.59 bits per heavy atom. The fraction of sp³-hybridized carbons (Fsp3) is 0.636.